The van der Waals surface area contributed by atoms with Crippen molar-refractivity contribution in [1.82, 2.24) is 19.4 Å². The molecular weight excluding hydrogens is 374 g/mol. The first-order valence-corrected chi connectivity index (χ1v) is 10.6. The van der Waals surface area contributed by atoms with Crippen LogP contribution in [0.4, 0.5) is 5.82 Å². The molecule has 0 radical (unpaired) electrons. The van der Waals surface area contributed by atoms with Gasteiger partial charge < -0.3 is 10.7 Å². The number of pyridine rings is 1. The third kappa shape index (κ3) is 3.08. The minimum atomic E-state index is -0.166. The van der Waals surface area contributed by atoms with Gasteiger partial charge in [-0.1, -0.05) is 36.4 Å². The van der Waals surface area contributed by atoms with E-state index in [1.807, 2.05) is 28.8 Å². The van der Waals surface area contributed by atoms with E-state index in [1.165, 1.54) is 37.1 Å². The fourth-order valence-electron chi connectivity index (χ4n) is 4.71. The van der Waals surface area contributed by atoms with Gasteiger partial charge in [0.25, 0.3) is 0 Å². The first kappa shape index (κ1) is 18.9. The highest BCUT2D eigenvalue weighted by Crippen LogP contribution is 2.30. The second kappa shape index (κ2) is 7.29. The highest BCUT2D eigenvalue weighted by atomic mass is 16.1. The number of nitrogen functional groups attached to an aromatic ring is 1. The van der Waals surface area contributed by atoms with Gasteiger partial charge in [0.15, 0.2) is 0 Å². The number of fused-ring (bicyclic) bond motifs is 3. The fraction of sp³-hybridized carbons (Fsp3) is 0.333. The Balaban J connectivity index is 1.59. The van der Waals surface area contributed by atoms with Gasteiger partial charge in [-0.15, -0.1) is 0 Å². The third-order valence-electron chi connectivity index (χ3n) is 6.41. The van der Waals surface area contributed by atoms with E-state index in [-0.39, 0.29) is 11.7 Å². The molecule has 30 heavy (non-hydrogen) atoms. The Bertz CT molecular complexity index is 1300. The molecule has 1 unspecified atom stereocenters. The van der Waals surface area contributed by atoms with Crippen molar-refractivity contribution in [2.45, 2.75) is 39.3 Å². The zero-order valence-corrected chi connectivity index (χ0v) is 17.5. The van der Waals surface area contributed by atoms with Gasteiger partial charge in [0.05, 0.1) is 17.1 Å². The van der Waals surface area contributed by atoms with Crippen LogP contribution in [0.15, 0.2) is 47.3 Å². The summed E-state index contributed by atoms with van der Waals surface area (Å²) in [6.45, 7) is 7.60. The summed E-state index contributed by atoms with van der Waals surface area (Å²) < 4.78 is 1.81. The van der Waals surface area contributed by atoms with Crippen molar-refractivity contribution in [2.24, 2.45) is 0 Å². The van der Waals surface area contributed by atoms with Gasteiger partial charge in [-0.3, -0.25) is 9.47 Å². The highest BCUT2D eigenvalue weighted by Gasteiger charge is 2.20. The Morgan fingerprint density at radius 3 is 2.70 bits per heavy atom. The molecule has 4 aromatic rings. The Morgan fingerprint density at radius 1 is 1.17 bits per heavy atom. The maximum Gasteiger partial charge on any atom is 0.327 e. The van der Waals surface area contributed by atoms with E-state index in [1.54, 1.807) is 0 Å². The van der Waals surface area contributed by atoms with Crippen LogP contribution in [0.3, 0.4) is 0 Å². The Morgan fingerprint density at radius 2 is 1.93 bits per heavy atom. The van der Waals surface area contributed by atoms with Gasteiger partial charge in [0.2, 0.25) is 0 Å². The summed E-state index contributed by atoms with van der Waals surface area (Å²) in [5.41, 5.74) is 11.9. The first-order valence-electron chi connectivity index (χ1n) is 10.6. The maximum atomic E-state index is 12.9. The van der Waals surface area contributed by atoms with Crippen molar-refractivity contribution < 1.29 is 0 Å². The summed E-state index contributed by atoms with van der Waals surface area (Å²) >= 11 is 0. The summed E-state index contributed by atoms with van der Waals surface area (Å²) in [5, 5.41) is 0.925. The molecule has 0 spiro atoms. The molecule has 6 nitrogen and oxygen atoms in total. The number of nitrogens with zero attached hydrogens (tertiary/aromatic N) is 3. The number of aryl methyl sites for hydroxylation is 1. The number of hydrogen-bond donors (Lipinski definition) is 2. The predicted molar refractivity (Wildman–Crippen MR) is 122 cm³/mol. The number of rotatable bonds is 4. The largest absolute Gasteiger partial charge is 0.382 e. The molecule has 3 heterocycles. The fourth-order valence-corrected chi connectivity index (χ4v) is 4.71. The van der Waals surface area contributed by atoms with Crippen molar-refractivity contribution in [1.29, 1.82) is 0 Å². The minimum absolute atomic E-state index is 0.129. The summed E-state index contributed by atoms with van der Waals surface area (Å²) in [6, 6.07) is 14.3. The topological polar surface area (TPSA) is 79.9 Å². The van der Waals surface area contributed by atoms with Crippen molar-refractivity contribution in [3.05, 3.63) is 69.6 Å². The minimum Gasteiger partial charge on any atom is -0.382 e. The molecule has 6 heteroatoms. The number of nitrogens with two attached hydrogens (primary N) is 1. The van der Waals surface area contributed by atoms with E-state index in [4.69, 9.17) is 5.73 Å². The van der Waals surface area contributed by atoms with Crippen LogP contribution in [0.1, 0.15) is 42.5 Å². The molecule has 1 fully saturated rings. The lowest BCUT2D eigenvalue weighted by atomic mass is 10.0. The molecule has 1 aliphatic heterocycles. The summed E-state index contributed by atoms with van der Waals surface area (Å²) in [4.78, 5) is 22.8. The molecule has 2 aromatic heterocycles. The summed E-state index contributed by atoms with van der Waals surface area (Å²) in [6.07, 6.45) is 2.59. The second-order valence-corrected chi connectivity index (χ2v) is 8.38. The molecule has 0 aliphatic carbocycles. The number of aromatic amines is 1. The number of para-hydroxylation sites is 1. The second-order valence-electron chi connectivity index (χ2n) is 8.38. The summed E-state index contributed by atoms with van der Waals surface area (Å²) in [5.74, 6) is 0.351. The lowest BCUT2D eigenvalue weighted by Crippen LogP contribution is -2.22. The molecule has 5 rings (SSSR count). The van der Waals surface area contributed by atoms with Crippen molar-refractivity contribution >= 4 is 27.8 Å². The molecule has 1 atom stereocenters. The molecule has 1 aliphatic rings. The molecule has 2 aromatic carbocycles. The Hall–Kier alpha value is -3.12. The zero-order valence-electron chi connectivity index (χ0n) is 17.5. The highest BCUT2D eigenvalue weighted by molar-refractivity contribution is 6.06. The molecule has 154 valence electrons. The number of aromatic nitrogens is 3. The monoisotopic (exact) mass is 401 g/mol. The van der Waals surface area contributed by atoms with Crippen LogP contribution < -0.4 is 11.4 Å². The predicted octanol–water partition coefficient (Wildman–Crippen LogP) is 3.97. The number of anilines is 1. The normalized spacial score (nSPS) is 15.9. The molecule has 0 saturated carbocycles. The Labute approximate surface area is 175 Å². The van der Waals surface area contributed by atoms with Gasteiger partial charge in [0, 0.05) is 11.9 Å². The standard InChI is InChI=1S/C24H27N5O/c1-15-13-17(9-10-18(15)14-28-11-5-6-12-28)16(2)29-22-19-7-3-4-8-20(19)26-23(25)21(22)27-24(29)30/h3-4,7-10,13,16H,5-6,11-12,14H2,1-2H3,(H2,25,26)(H,27,30). The quantitative estimate of drug-likeness (QED) is 0.542. The number of H-pyrrole nitrogens is 1. The van der Waals surface area contributed by atoms with Crippen LogP contribution >= 0.6 is 0 Å². The summed E-state index contributed by atoms with van der Waals surface area (Å²) in [7, 11) is 0. The maximum absolute atomic E-state index is 12.9. The van der Waals surface area contributed by atoms with E-state index in [2.05, 4.69) is 46.9 Å². The molecular formula is C24H27N5O. The van der Waals surface area contributed by atoms with Gasteiger partial charge >= 0.3 is 5.69 Å². The number of nitrogens with one attached hydrogen (secondary N) is 1. The molecule has 1 saturated heterocycles. The van der Waals surface area contributed by atoms with E-state index in [0.29, 0.717) is 11.3 Å². The lowest BCUT2D eigenvalue weighted by molar-refractivity contribution is 0.330. The van der Waals surface area contributed by atoms with Crippen molar-refractivity contribution in [3.8, 4) is 0 Å². The number of likely N-dealkylation sites (tertiary alicyclic amines) is 1. The van der Waals surface area contributed by atoms with E-state index < -0.39 is 0 Å². The van der Waals surface area contributed by atoms with E-state index in [9.17, 15) is 4.79 Å². The van der Waals surface area contributed by atoms with Crippen LogP contribution in [0.5, 0.6) is 0 Å². The molecule has 3 N–H and O–H groups in total. The number of benzene rings is 2. The lowest BCUT2D eigenvalue weighted by Gasteiger charge is -2.19. The van der Waals surface area contributed by atoms with Crippen molar-refractivity contribution in [2.75, 3.05) is 18.8 Å². The van der Waals surface area contributed by atoms with Crippen LogP contribution in [0.25, 0.3) is 21.9 Å². The van der Waals surface area contributed by atoms with E-state index >= 15 is 0 Å². The SMILES string of the molecule is Cc1cc(C(C)n2c(=O)[nH]c3c(N)nc4ccccc4c32)ccc1CN1CCCC1. The van der Waals surface area contributed by atoms with Gasteiger partial charge in [-0.2, -0.15) is 0 Å². The Kier molecular flexibility index (Phi) is 4.59. The molecule has 0 bridgehead atoms. The number of imidazole rings is 1. The number of hydrogen-bond acceptors (Lipinski definition) is 4. The van der Waals surface area contributed by atoms with Crippen molar-refractivity contribution in [3.63, 3.8) is 0 Å². The van der Waals surface area contributed by atoms with E-state index in [0.717, 1.165) is 28.5 Å². The van der Waals surface area contributed by atoms with Gasteiger partial charge in [-0.05, 0) is 62.5 Å². The van der Waals surface area contributed by atoms with Crippen LogP contribution in [-0.4, -0.2) is 32.5 Å². The first-order chi connectivity index (χ1) is 14.5. The average molecular weight is 402 g/mol. The van der Waals surface area contributed by atoms with Crippen LogP contribution in [0, 0.1) is 6.92 Å². The molecule has 0 amide bonds. The smallest absolute Gasteiger partial charge is 0.327 e. The van der Waals surface area contributed by atoms with Crippen LogP contribution in [-0.2, 0) is 6.54 Å². The van der Waals surface area contributed by atoms with Gasteiger partial charge in [0.1, 0.15) is 11.3 Å². The third-order valence-corrected chi connectivity index (χ3v) is 6.41. The van der Waals surface area contributed by atoms with Crippen LogP contribution in [0.2, 0.25) is 0 Å². The zero-order chi connectivity index (χ0) is 20.8. The van der Waals surface area contributed by atoms with Gasteiger partial charge in [-0.25, -0.2) is 9.78 Å². The average Bonchev–Trinajstić information content (AvgIpc) is 3.37.